The summed E-state index contributed by atoms with van der Waals surface area (Å²) < 4.78 is 42.7. The lowest BCUT2D eigenvalue weighted by molar-refractivity contribution is -0.137. The molecule has 0 spiro atoms. The molecule has 1 aromatic carbocycles. The van der Waals surface area contributed by atoms with Crippen LogP contribution in [0.5, 0.6) is 5.75 Å². The van der Waals surface area contributed by atoms with Gasteiger partial charge in [-0.3, -0.25) is 4.79 Å². The van der Waals surface area contributed by atoms with Gasteiger partial charge < -0.3 is 20.9 Å². The molecule has 0 aliphatic heterocycles. The second-order valence-corrected chi connectivity index (χ2v) is 7.17. The average Bonchev–Trinajstić information content (AvgIpc) is 3.18. The van der Waals surface area contributed by atoms with Gasteiger partial charge in [-0.25, -0.2) is 0 Å². The third-order valence-electron chi connectivity index (χ3n) is 5.42. The first-order chi connectivity index (χ1) is 12.3. The van der Waals surface area contributed by atoms with Crippen molar-refractivity contribution in [2.75, 3.05) is 13.2 Å². The number of alkyl halides is 3. The van der Waals surface area contributed by atoms with Crippen LogP contribution in [0.1, 0.15) is 24.8 Å². The predicted octanol–water partition coefficient (Wildman–Crippen LogP) is 1.93. The number of hydrogen-bond donors (Lipinski definition) is 3. The Balaban J connectivity index is 1.42. The minimum absolute atomic E-state index is 0.0140. The summed E-state index contributed by atoms with van der Waals surface area (Å²) in [5.41, 5.74) is 5.36. The van der Waals surface area contributed by atoms with Gasteiger partial charge in [0.25, 0.3) is 0 Å². The van der Waals surface area contributed by atoms with Crippen molar-refractivity contribution >= 4 is 5.91 Å². The normalized spacial score (nSPS) is 28.8. The van der Waals surface area contributed by atoms with Gasteiger partial charge in [-0.05, 0) is 55.4 Å². The minimum atomic E-state index is -4.40. The van der Waals surface area contributed by atoms with Crippen molar-refractivity contribution in [1.82, 2.24) is 5.32 Å². The zero-order valence-electron chi connectivity index (χ0n) is 14.2. The highest BCUT2D eigenvalue weighted by atomic mass is 19.4. The Morgan fingerprint density at radius 1 is 1.27 bits per heavy atom. The fraction of sp³-hybridized carbons (Fsp3) is 0.611. The molecule has 4 N–H and O–H groups in total. The number of benzene rings is 1. The summed E-state index contributed by atoms with van der Waals surface area (Å²) >= 11 is 0. The Labute approximate surface area is 149 Å². The monoisotopic (exact) mass is 372 g/mol. The number of aliphatic hydroxyl groups excluding tert-OH is 1. The maximum atomic E-state index is 12.5. The molecular weight excluding hydrogens is 349 g/mol. The van der Waals surface area contributed by atoms with Crippen molar-refractivity contribution in [1.29, 1.82) is 0 Å². The van der Waals surface area contributed by atoms with Crippen LogP contribution in [0, 0.1) is 17.8 Å². The van der Waals surface area contributed by atoms with E-state index in [9.17, 15) is 23.1 Å². The van der Waals surface area contributed by atoms with Gasteiger partial charge >= 0.3 is 6.18 Å². The molecule has 1 amide bonds. The van der Waals surface area contributed by atoms with Gasteiger partial charge in [-0.1, -0.05) is 0 Å². The average molecular weight is 372 g/mol. The van der Waals surface area contributed by atoms with Crippen molar-refractivity contribution in [3.63, 3.8) is 0 Å². The Morgan fingerprint density at radius 3 is 2.50 bits per heavy atom. The maximum Gasteiger partial charge on any atom is 0.416 e. The van der Waals surface area contributed by atoms with Gasteiger partial charge in [0.1, 0.15) is 18.5 Å². The SMILES string of the molecule is NC1C2CCC(C2)C1C(=O)NCC(O)COc1ccc(C(F)(F)F)cc1. The number of halogens is 3. The van der Waals surface area contributed by atoms with Crippen molar-refractivity contribution in [3.8, 4) is 5.75 Å². The summed E-state index contributed by atoms with van der Waals surface area (Å²) in [6, 6.07) is 4.11. The topological polar surface area (TPSA) is 84.6 Å². The summed E-state index contributed by atoms with van der Waals surface area (Å²) in [5.74, 6) is 0.632. The van der Waals surface area contributed by atoms with Crippen molar-refractivity contribution < 1.29 is 27.8 Å². The van der Waals surface area contributed by atoms with Gasteiger partial charge in [-0.15, -0.1) is 0 Å². The number of aliphatic hydroxyl groups is 1. The van der Waals surface area contributed by atoms with Crippen molar-refractivity contribution in [3.05, 3.63) is 29.8 Å². The third kappa shape index (κ3) is 4.12. The summed E-state index contributed by atoms with van der Waals surface area (Å²) in [5, 5.41) is 12.6. The number of nitrogens with two attached hydrogens (primary N) is 1. The number of amides is 1. The summed E-state index contributed by atoms with van der Waals surface area (Å²) in [6.07, 6.45) is -2.26. The summed E-state index contributed by atoms with van der Waals surface area (Å²) in [4.78, 5) is 12.3. The van der Waals surface area contributed by atoms with Crippen LogP contribution in [0.15, 0.2) is 24.3 Å². The number of ether oxygens (including phenoxy) is 1. The molecule has 2 fully saturated rings. The van der Waals surface area contributed by atoms with Crippen LogP contribution in [-0.4, -0.2) is 36.3 Å². The number of carbonyl (C=O) groups is 1. The molecule has 2 aliphatic rings. The van der Waals surface area contributed by atoms with E-state index >= 15 is 0 Å². The molecule has 5 unspecified atom stereocenters. The minimum Gasteiger partial charge on any atom is -0.491 e. The van der Waals surface area contributed by atoms with E-state index in [-0.39, 0.29) is 36.8 Å². The Hall–Kier alpha value is -1.80. The molecule has 2 saturated carbocycles. The molecule has 144 valence electrons. The molecule has 0 heterocycles. The molecule has 5 atom stereocenters. The Morgan fingerprint density at radius 2 is 1.92 bits per heavy atom. The van der Waals surface area contributed by atoms with Gasteiger partial charge in [0, 0.05) is 12.6 Å². The van der Waals surface area contributed by atoms with E-state index in [1.54, 1.807) is 0 Å². The molecule has 0 saturated heterocycles. The standard InChI is InChI=1S/C18H23F3N2O3/c19-18(20,21)12-3-5-14(6-4-12)26-9-13(24)8-23-17(25)15-10-1-2-11(7-10)16(15)22/h3-6,10-11,13,15-16,24H,1-2,7-9,22H2,(H,23,25). The van der Waals surface area contributed by atoms with Gasteiger partial charge in [0.15, 0.2) is 0 Å². The molecule has 2 aliphatic carbocycles. The molecule has 5 nitrogen and oxygen atoms in total. The first-order valence-electron chi connectivity index (χ1n) is 8.77. The second kappa shape index (κ2) is 7.44. The molecule has 3 rings (SSSR count). The number of rotatable bonds is 6. The molecule has 2 bridgehead atoms. The largest absolute Gasteiger partial charge is 0.491 e. The van der Waals surface area contributed by atoms with Crippen LogP contribution in [0.25, 0.3) is 0 Å². The number of fused-ring (bicyclic) bond motifs is 2. The Bertz CT molecular complexity index is 634. The molecule has 0 aromatic heterocycles. The van der Waals surface area contributed by atoms with Crippen LogP contribution in [0.2, 0.25) is 0 Å². The van der Waals surface area contributed by atoms with Gasteiger partial charge in [0.05, 0.1) is 11.5 Å². The smallest absolute Gasteiger partial charge is 0.416 e. The van der Waals surface area contributed by atoms with E-state index in [1.807, 2.05) is 0 Å². The highest BCUT2D eigenvalue weighted by Gasteiger charge is 2.49. The fourth-order valence-electron chi connectivity index (χ4n) is 4.05. The van der Waals surface area contributed by atoms with E-state index in [1.165, 1.54) is 12.1 Å². The lowest BCUT2D eigenvalue weighted by atomic mass is 9.84. The first-order valence-corrected chi connectivity index (χ1v) is 8.77. The number of hydrogen-bond acceptors (Lipinski definition) is 4. The molecule has 26 heavy (non-hydrogen) atoms. The zero-order chi connectivity index (χ0) is 18.9. The van der Waals surface area contributed by atoms with E-state index < -0.39 is 17.8 Å². The van der Waals surface area contributed by atoms with Crippen molar-refractivity contribution in [2.24, 2.45) is 23.5 Å². The summed E-state index contributed by atoms with van der Waals surface area (Å²) in [6.45, 7) is -0.117. The summed E-state index contributed by atoms with van der Waals surface area (Å²) in [7, 11) is 0. The van der Waals surface area contributed by atoms with Crippen LogP contribution in [0.4, 0.5) is 13.2 Å². The van der Waals surface area contributed by atoms with Crippen LogP contribution >= 0.6 is 0 Å². The van der Waals surface area contributed by atoms with Crippen LogP contribution < -0.4 is 15.8 Å². The van der Waals surface area contributed by atoms with Gasteiger partial charge in [-0.2, -0.15) is 13.2 Å². The van der Waals surface area contributed by atoms with E-state index in [2.05, 4.69) is 5.32 Å². The van der Waals surface area contributed by atoms with Gasteiger partial charge in [0.2, 0.25) is 5.91 Å². The highest BCUT2D eigenvalue weighted by Crippen LogP contribution is 2.47. The molecular formula is C18H23F3N2O3. The van der Waals surface area contributed by atoms with E-state index in [4.69, 9.17) is 10.5 Å². The first kappa shape index (κ1) is 19.0. The molecule has 8 heteroatoms. The lowest BCUT2D eigenvalue weighted by Gasteiger charge is -2.27. The quantitative estimate of drug-likeness (QED) is 0.713. The van der Waals surface area contributed by atoms with E-state index in [0.717, 1.165) is 31.4 Å². The zero-order valence-corrected chi connectivity index (χ0v) is 14.2. The highest BCUT2D eigenvalue weighted by molar-refractivity contribution is 5.80. The second-order valence-electron chi connectivity index (χ2n) is 7.17. The molecule has 0 radical (unpaired) electrons. The Kier molecular flexibility index (Phi) is 5.43. The molecule has 1 aromatic rings. The van der Waals surface area contributed by atoms with Crippen LogP contribution in [-0.2, 0) is 11.0 Å². The fourth-order valence-corrected chi connectivity index (χ4v) is 4.05. The van der Waals surface area contributed by atoms with E-state index in [0.29, 0.717) is 11.8 Å². The maximum absolute atomic E-state index is 12.5. The number of carbonyl (C=O) groups excluding carboxylic acids is 1. The van der Waals surface area contributed by atoms with Crippen LogP contribution in [0.3, 0.4) is 0 Å². The lowest BCUT2D eigenvalue weighted by Crippen LogP contribution is -2.47. The predicted molar refractivity (Wildman–Crippen MR) is 88.3 cm³/mol. The number of nitrogens with one attached hydrogen (secondary N) is 1. The third-order valence-corrected chi connectivity index (χ3v) is 5.42. The van der Waals surface area contributed by atoms with Crippen molar-refractivity contribution in [2.45, 2.75) is 37.6 Å².